The van der Waals surface area contributed by atoms with Gasteiger partial charge in [0.15, 0.2) is 0 Å². The summed E-state index contributed by atoms with van der Waals surface area (Å²) in [5.74, 6) is 0.277. The van der Waals surface area contributed by atoms with Crippen molar-refractivity contribution in [2.24, 2.45) is 0 Å². The largest absolute Gasteiger partial charge is 0.494 e. The summed E-state index contributed by atoms with van der Waals surface area (Å²) in [5.41, 5.74) is 2.71. The molecule has 23 heavy (non-hydrogen) atoms. The minimum Gasteiger partial charge on any atom is -0.494 e. The van der Waals surface area contributed by atoms with Gasteiger partial charge in [0, 0.05) is 37.9 Å². The van der Waals surface area contributed by atoms with Gasteiger partial charge in [-0.05, 0) is 36.4 Å². The van der Waals surface area contributed by atoms with Crippen molar-refractivity contribution in [2.45, 2.75) is 0 Å². The number of halogens is 1. The van der Waals surface area contributed by atoms with Crippen molar-refractivity contribution in [3.63, 3.8) is 0 Å². The molecule has 0 N–H and O–H groups in total. The van der Waals surface area contributed by atoms with Gasteiger partial charge in [-0.25, -0.2) is 4.39 Å². The molecule has 1 aliphatic rings. The van der Waals surface area contributed by atoms with Crippen molar-refractivity contribution in [3.05, 3.63) is 53.8 Å². The molecule has 0 bridgehead atoms. The summed E-state index contributed by atoms with van der Waals surface area (Å²) < 4.78 is 18.6. The van der Waals surface area contributed by atoms with E-state index in [2.05, 4.69) is 15.9 Å². The highest BCUT2D eigenvalue weighted by Gasteiger charge is 2.20. The molecule has 0 saturated carbocycles. The number of hydrogen-bond acceptors (Lipinski definition) is 4. The van der Waals surface area contributed by atoms with E-state index in [4.69, 9.17) is 10.00 Å². The lowest BCUT2D eigenvalue weighted by atomic mass is 10.2. The third kappa shape index (κ3) is 3.21. The van der Waals surface area contributed by atoms with Gasteiger partial charge in [0.25, 0.3) is 0 Å². The Balaban J connectivity index is 1.69. The molecule has 1 saturated heterocycles. The van der Waals surface area contributed by atoms with Gasteiger partial charge in [-0.3, -0.25) is 0 Å². The first-order valence-corrected chi connectivity index (χ1v) is 7.55. The van der Waals surface area contributed by atoms with Crippen LogP contribution in [0.5, 0.6) is 5.75 Å². The molecule has 1 fully saturated rings. The number of piperazine rings is 1. The normalized spacial score (nSPS) is 14.5. The second-order valence-corrected chi connectivity index (χ2v) is 5.45. The average Bonchev–Trinajstić information content (AvgIpc) is 2.62. The zero-order chi connectivity index (χ0) is 16.2. The molecule has 118 valence electrons. The molecule has 0 amide bonds. The Hall–Kier alpha value is -2.74. The van der Waals surface area contributed by atoms with Gasteiger partial charge in [0.1, 0.15) is 11.6 Å². The van der Waals surface area contributed by atoms with Crippen LogP contribution in [-0.4, -0.2) is 33.3 Å². The van der Waals surface area contributed by atoms with Gasteiger partial charge >= 0.3 is 0 Å². The Morgan fingerprint density at radius 3 is 2.26 bits per heavy atom. The highest BCUT2D eigenvalue weighted by Crippen LogP contribution is 2.30. The van der Waals surface area contributed by atoms with E-state index >= 15 is 0 Å². The van der Waals surface area contributed by atoms with E-state index in [1.165, 1.54) is 12.1 Å². The molecule has 4 nitrogen and oxygen atoms in total. The molecular formula is C18H18FN3O. The molecular weight excluding hydrogens is 293 g/mol. The lowest BCUT2D eigenvalue weighted by molar-refractivity contribution is 0.410. The monoisotopic (exact) mass is 311 g/mol. The number of nitriles is 1. The maximum absolute atomic E-state index is 13.3. The van der Waals surface area contributed by atoms with Gasteiger partial charge in [0.2, 0.25) is 0 Å². The fraction of sp³-hybridized carbons (Fsp3) is 0.278. The van der Waals surface area contributed by atoms with Crippen LogP contribution in [0.3, 0.4) is 0 Å². The predicted molar refractivity (Wildman–Crippen MR) is 88.5 cm³/mol. The Labute approximate surface area is 135 Å². The van der Waals surface area contributed by atoms with Crippen LogP contribution in [-0.2, 0) is 0 Å². The van der Waals surface area contributed by atoms with Crippen LogP contribution >= 0.6 is 0 Å². The number of ether oxygens (including phenoxy) is 1. The number of benzene rings is 2. The molecule has 2 aromatic carbocycles. The minimum atomic E-state index is -0.290. The highest BCUT2D eigenvalue weighted by atomic mass is 19.1. The van der Waals surface area contributed by atoms with E-state index in [1.54, 1.807) is 13.2 Å². The number of nitrogens with zero attached hydrogens (tertiary/aromatic N) is 3. The van der Waals surface area contributed by atoms with Crippen LogP contribution in [0.1, 0.15) is 5.56 Å². The first-order chi connectivity index (χ1) is 11.2. The second kappa shape index (κ2) is 6.57. The topological polar surface area (TPSA) is 39.5 Å². The van der Waals surface area contributed by atoms with Crippen molar-refractivity contribution in [1.82, 2.24) is 0 Å². The Bertz CT molecular complexity index is 716. The van der Waals surface area contributed by atoms with Crippen LogP contribution < -0.4 is 14.5 Å². The summed E-state index contributed by atoms with van der Waals surface area (Å²) in [7, 11) is 1.56. The molecule has 3 rings (SSSR count). The van der Waals surface area contributed by atoms with Crippen LogP contribution in [0.4, 0.5) is 15.8 Å². The fourth-order valence-electron chi connectivity index (χ4n) is 2.87. The third-order valence-corrected chi connectivity index (χ3v) is 4.12. The smallest absolute Gasteiger partial charge is 0.145 e. The zero-order valence-electron chi connectivity index (χ0n) is 13.0. The summed E-state index contributed by atoms with van der Waals surface area (Å²) in [4.78, 5) is 4.49. The molecule has 0 radical (unpaired) electrons. The summed E-state index contributed by atoms with van der Waals surface area (Å²) >= 11 is 0. The summed E-state index contributed by atoms with van der Waals surface area (Å²) in [5, 5.41) is 8.86. The lowest BCUT2D eigenvalue weighted by Gasteiger charge is -2.37. The maximum Gasteiger partial charge on any atom is 0.145 e. The molecule has 0 spiro atoms. The third-order valence-electron chi connectivity index (χ3n) is 4.12. The van der Waals surface area contributed by atoms with Crippen molar-refractivity contribution < 1.29 is 9.13 Å². The Morgan fingerprint density at radius 2 is 1.65 bits per heavy atom. The standard InChI is InChI=1S/C18H18FN3O/c1-23-18-12-15(19)4-7-17(18)22-10-8-21(9-11-22)16-5-2-14(13-20)3-6-16/h2-7,12H,8-11H2,1H3. The van der Waals surface area contributed by atoms with Gasteiger partial charge < -0.3 is 14.5 Å². The quantitative estimate of drug-likeness (QED) is 0.873. The van der Waals surface area contributed by atoms with Gasteiger partial charge in [-0.1, -0.05) is 0 Å². The number of hydrogen-bond donors (Lipinski definition) is 0. The predicted octanol–water partition coefficient (Wildman–Crippen LogP) is 3.03. The maximum atomic E-state index is 13.3. The molecule has 0 aromatic heterocycles. The van der Waals surface area contributed by atoms with Crippen molar-refractivity contribution in [3.8, 4) is 11.8 Å². The van der Waals surface area contributed by atoms with E-state index in [-0.39, 0.29) is 5.82 Å². The Kier molecular flexibility index (Phi) is 4.33. The molecule has 1 heterocycles. The van der Waals surface area contributed by atoms with E-state index in [9.17, 15) is 4.39 Å². The van der Waals surface area contributed by atoms with Crippen LogP contribution in [0.2, 0.25) is 0 Å². The van der Waals surface area contributed by atoms with Gasteiger partial charge in [-0.15, -0.1) is 0 Å². The number of rotatable bonds is 3. The molecule has 2 aromatic rings. The first-order valence-electron chi connectivity index (χ1n) is 7.55. The van der Waals surface area contributed by atoms with Crippen LogP contribution in [0, 0.1) is 17.1 Å². The molecule has 0 unspecified atom stereocenters. The van der Waals surface area contributed by atoms with Crippen molar-refractivity contribution >= 4 is 11.4 Å². The fourth-order valence-corrected chi connectivity index (χ4v) is 2.87. The van der Waals surface area contributed by atoms with Crippen molar-refractivity contribution in [2.75, 3.05) is 43.1 Å². The van der Waals surface area contributed by atoms with E-state index in [1.807, 2.05) is 24.3 Å². The summed E-state index contributed by atoms with van der Waals surface area (Å²) in [6, 6.07) is 14.4. The second-order valence-electron chi connectivity index (χ2n) is 5.45. The van der Waals surface area contributed by atoms with Gasteiger partial charge in [-0.2, -0.15) is 5.26 Å². The lowest BCUT2D eigenvalue weighted by Crippen LogP contribution is -2.46. The Morgan fingerprint density at radius 1 is 1.00 bits per heavy atom. The SMILES string of the molecule is COc1cc(F)ccc1N1CCN(c2ccc(C#N)cc2)CC1. The first kappa shape index (κ1) is 15.2. The summed E-state index contributed by atoms with van der Waals surface area (Å²) in [6.45, 7) is 3.41. The highest BCUT2D eigenvalue weighted by molar-refractivity contribution is 5.60. The molecule has 5 heteroatoms. The summed E-state index contributed by atoms with van der Waals surface area (Å²) in [6.07, 6.45) is 0. The number of anilines is 2. The molecule has 1 aliphatic heterocycles. The van der Waals surface area contributed by atoms with E-state index < -0.39 is 0 Å². The molecule has 0 aliphatic carbocycles. The van der Waals surface area contributed by atoms with E-state index in [0.29, 0.717) is 11.3 Å². The van der Waals surface area contributed by atoms with E-state index in [0.717, 1.165) is 37.6 Å². The van der Waals surface area contributed by atoms with Crippen LogP contribution in [0.25, 0.3) is 0 Å². The average molecular weight is 311 g/mol. The zero-order valence-corrected chi connectivity index (χ0v) is 13.0. The molecule has 0 atom stereocenters. The number of methoxy groups -OCH3 is 1. The van der Waals surface area contributed by atoms with Crippen molar-refractivity contribution in [1.29, 1.82) is 5.26 Å². The van der Waals surface area contributed by atoms with Gasteiger partial charge in [0.05, 0.1) is 24.4 Å². The van der Waals surface area contributed by atoms with Crippen LogP contribution in [0.15, 0.2) is 42.5 Å². The minimum absolute atomic E-state index is 0.290.